The molecule has 1 aliphatic rings. The molecule has 1 aliphatic heterocycles. The highest BCUT2D eigenvalue weighted by Crippen LogP contribution is 2.17. The lowest BCUT2D eigenvalue weighted by Crippen LogP contribution is -2.15. The van der Waals surface area contributed by atoms with E-state index in [1.165, 1.54) is 31.6 Å². The molecule has 2 heteroatoms. The van der Waals surface area contributed by atoms with Crippen LogP contribution >= 0.6 is 0 Å². The summed E-state index contributed by atoms with van der Waals surface area (Å²) in [7, 11) is 2.21. The van der Waals surface area contributed by atoms with Crippen molar-refractivity contribution >= 4 is 5.69 Å². The van der Waals surface area contributed by atoms with Crippen molar-refractivity contribution in [3.8, 4) is 0 Å². The lowest BCUT2D eigenvalue weighted by molar-refractivity contribution is 0.390. The molecule has 82 valence electrons. The van der Waals surface area contributed by atoms with Gasteiger partial charge in [-0.05, 0) is 44.5 Å². The molecule has 1 aromatic carbocycles. The van der Waals surface area contributed by atoms with Crippen LogP contribution in [-0.2, 0) is 0 Å². The van der Waals surface area contributed by atoms with E-state index in [-0.39, 0.29) is 0 Å². The van der Waals surface area contributed by atoms with Crippen LogP contribution in [0.2, 0.25) is 0 Å². The molecule has 1 N–H and O–H groups in total. The maximum Gasteiger partial charge on any atom is 0.0340 e. The first-order valence-corrected chi connectivity index (χ1v) is 5.82. The molecule has 0 amide bonds. The van der Waals surface area contributed by atoms with E-state index in [1.807, 2.05) is 0 Å². The lowest BCUT2D eigenvalue weighted by Gasteiger charge is -2.11. The Hall–Kier alpha value is -1.02. The Kier molecular flexibility index (Phi) is 3.62. The van der Waals surface area contributed by atoms with E-state index in [1.54, 1.807) is 0 Å². The number of benzene rings is 1. The van der Waals surface area contributed by atoms with E-state index in [9.17, 15) is 0 Å². The molecule has 0 radical (unpaired) electrons. The first-order valence-electron chi connectivity index (χ1n) is 5.82. The number of rotatable bonds is 4. The van der Waals surface area contributed by atoms with Gasteiger partial charge in [-0.1, -0.05) is 18.2 Å². The van der Waals surface area contributed by atoms with Crippen LogP contribution in [0.1, 0.15) is 12.8 Å². The van der Waals surface area contributed by atoms with Crippen molar-refractivity contribution in [1.29, 1.82) is 0 Å². The fraction of sp³-hybridized carbons (Fsp3) is 0.538. The zero-order valence-corrected chi connectivity index (χ0v) is 9.45. The second-order valence-corrected chi connectivity index (χ2v) is 4.50. The third-order valence-electron chi connectivity index (χ3n) is 3.14. The van der Waals surface area contributed by atoms with Crippen molar-refractivity contribution in [1.82, 2.24) is 4.90 Å². The van der Waals surface area contributed by atoms with Crippen LogP contribution < -0.4 is 5.32 Å². The maximum absolute atomic E-state index is 3.47. The summed E-state index contributed by atoms with van der Waals surface area (Å²) in [4.78, 5) is 2.42. The summed E-state index contributed by atoms with van der Waals surface area (Å²) in [6, 6.07) is 10.5. The molecular formula is C13H20N2. The minimum absolute atomic E-state index is 0.895. The van der Waals surface area contributed by atoms with E-state index in [4.69, 9.17) is 0 Å². The smallest absolute Gasteiger partial charge is 0.0340 e. The topological polar surface area (TPSA) is 15.3 Å². The molecule has 1 saturated heterocycles. The monoisotopic (exact) mass is 204 g/mol. The van der Waals surface area contributed by atoms with Crippen LogP contribution in [0.25, 0.3) is 0 Å². The van der Waals surface area contributed by atoms with Gasteiger partial charge < -0.3 is 10.2 Å². The predicted molar refractivity (Wildman–Crippen MR) is 65.2 cm³/mol. The van der Waals surface area contributed by atoms with Gasteiger partial charge in [0, 0.05) is 18.8 Å². The number of hydrogen-bond donors (Lipinski definition) is 1. The summed E-state index contributed by atoms with van der Waals surface area (Å²) >= 11 is 0. The van der Waals surface area contributed by atoms with Crippen molar-refractivity contribution in [3.05, 3.63) is 30.3 Å². The van der Waals surface area contributed by atoms with Gasteiger partial charge >= 0.3 is 0 Å². The molecule has 0 aliphatic carbocycles. The fourth-order valence-corrected chi connectivity index (χ4v) is 2.24. The highest BCUT2D eigenvalue weighted by molar-refractivity contribution is 5.42. The SMILES string of the molecule is CN1CCC(CCNc2ccccc2)C1. The molecule has 0 aromatic heterocycles. The second kappa shape index (κ2) is 5.17. The molecule has 15 heavy (non-hydrogen) atoms. The quantitative estimate of drug-likeness (QED) is 0.810. The van der Waals surface area contributed by atoms with Crippen LogP contribution in [0.3, 0.4) is 0 Å². The number of nitrogens with one attached hydrogen (secondary N) is 1. The van der Waals surface area contributed by atoms with Gasteiger partial charge in [0.1, 0.15) is 0 Å². The first-order chi connectivity index (χ1) is 7.34. The van der Waals surface area contributed by atoms with Crippen molar-refractivity contribution in [3.63, 3.8) is 0 Å². The van der Waals surface area contributed by atoms with Crippen LogP contribution in [-0.4, -0.2) is 31.6 Å². The van der Waals surface area contributed by atoms with Crippen molar-refractivity contribution < 1.29 is 0 Å². The Morgan fingerprint density at radius 2 is 2.13 bits per heavy atom. The zero-order chi connectivity index (χ0) is 10.5. The Bertz CT molecular complexity index is 284. The molecule has 2 rings (SSSR count). The highest BCUT2D eigenvalue weighted by Gasteiger charge is 2.18. The van der Waals surface area contributed by atoms with E-state index in [0.29, 0.717) is 0 Å². The summed E-state index contributed by atoms with van der Waals surface area (Å²) in [5.74, 6) is 0.895. The number of para-hydroxylation sites is 1. The molecule has 1 fully saturated rings. The molecule has 1 atom stereocenters. The molecule has 2 nitrogen and oxygen atoms in total. The first kappa shape index (κ1) is 10.5. The Morgan fingerprint density at radius 1 is 1.33 bits per heavy atom. The van der Waals surface area contributed by atoms with Gasteiger partial charge in [-0.15, -0.1) is 0 Å². The largest absolute Gasteiger partial charge is 0.385 e. The molecule has 0 bridgehead atoms. The normalized spacial score (nSPS) is 21.8. The summed E-state index contributed by atoms with van der Waals surface area (Å²) in [6.07, 6.45) is 2.66. The minimum Gasteiger partial charge on any atom is -0.385 e. The van der Waals surface area contributed by atoms with E-state index < -0.39 is 0 Å². The van der Waals surface area contributed by atoms with E-state index in [2.05, 4.69) is 47.6 Å². The zero-order valence-electron chi connectivity index (χ0n) is 9.45. The van der Waals surface area contributed by atoms with Crippen LogP contribution in [0, 0.1) is 5.92 Å². The van der Waals surface area contributed by atoms with Gasteiger partial charge in [-0.3, -0.25) is 0 Å². The summed E-state index contributed by atoms with van der Waals surface area (Å²) in [6.45, 7) is 3.65. The highest BCUT2D eigenvalue weighted by atomic mass is 15.1. The van der Waals surface area contributed by atoms with Gasteiger partial charge in [0.15, 0.2) is 0 Å². The van der Waals surface area contributed by atoms with Gasteiger partial charge in [0.2, 0.25) is 0 Å². The van der Waals surface area contributed by atoms with Crippen molar-refractivity contribution in [2.75, 3.05) is 32.0 Å². The number of nitrogens with zero attached hydrogens (tertiary/aromatic N) is 1. The predicted octanol–water partition coefficient (Wildman–Crippen LogP) is 2.44. The molecule has 1 heterocycles. The molecular weight excluding hydrogens is 184 g/mol. The van der Waals surface area contributed by atoms with Crippen LogP contribution in [0.15, 0.2) is 30.3 Å². The number of likely N-dealkylation sites (tertiary alicyclic amines) is 1. The minimum atomic E-state index is 0.895. The average Bonchev–Trinajstić information content (AvgIpc) is 2.66. The van der Waals surface area contributed by atoms with Gasteiger partial charge in [-0.25, -0.2) is 0 Å². The summed E-state index contributed by atoms with van der Waals surface area (Å²) in [5.41, 5.74) is 1.24. The second-order valence-electron chi connectivity index (χ2n) is 4.50. The summed E-state index contributed by atoms with van der Waals surface area (Å²) < 4.78 is 0. The maximum atomic E-state index is 3.47. The summed E-state index contributed by atoms with van der Waals surface area (Å²) in [5, 5.41) is 3.47. The van der Waals surface area contributed by atoms with Crippen molar-refractivity contribution in [2.24, 2.45) is 5.92 Å². The number of anilines is 1. The molecule has 1 unspecified atom stereocenters. The lowest BCUT2D eigenvalue weighted by atomic mass is 10.1. The average molecular weight is 204 g/mol. The Morgan fingerprint density at radius 3 is 2.80 bits per heavy atom. The third-order valence-corrected chi connectivity index (χ3v) is 3.14. The van der Waals surface area contributed by atoms with Gasteiger partial charge in [0.25, 0.3) is 0 Å². The molecule has 0 spiro atoms. The van der Waals surface area contributed by atoms with Crippen molar-refractivity contribution in [2.45, 2.75) is 12.8 Å². The Balaban J connectivity index is 1.67. The molecule has 1 aromatic rings. The van der Waals surface area contributed by atoms with Gasteiger partial charge in [0.05, 0.1) is 0 Å². The standard InChI is InChI=1S/C13H20N2/c1-15-10-8-12(11-15)7-9-14-13-5-3-2-4-6-13/h2-6,12,14H,7-11H2,1H3. The third kappa shape index (κ3) is 3.24. The van der Waals surface area contributed by atoms with Crippen LogP contribution in [0.5, 0.6) is 0 Å². The fourth-order valence-electron chi connectivity index (χ4n) is 2.24. The molecule has 0 saturated carbocycles. The Labute approximate surface area is 92.3 Å². The van der Waals surface area contributed by atoms with E-state index in [0.717, 1.165) is 12.5 Å². The van der Waals surface area contributed by atoms with Gasteiger partial charge in [-0.2, -0.15) is 0 Å². The van der Waals surface area contributed by atoms with E-state index >= 15 is 0 Å². The van der Waals surface area contributed by atoms with Crippen LogP contribution in [0.4, 0.5) is 5.69 Å². The number of hydrogen-bond acceptors (Lipinski definition) is 2.